The maximum absolute atomic E-state index is 3.49. The van der Waals surface area contributed by atoms with Crippen molar-refractivity contribution in [2.45, 2.75) is 33.4 Å². The van der Waals surface area contributed by atoms with Crippen molar-refractivity contribution in [3.63, 3.8) is 0 Å². The third-order valence-corrected chi connectivity index (χ3v) is 2.94. The maximum Gasteiger partial charge on any atom is 0.0216 e. The first kappa shape index (κ1) is 9.75. The molecule has 1 N–H and O–H groups in total. The van der Waals surface area contributed by atoms with Crippen molar-refractivity contribution < 1.29 is 0 Å². The normalized spacial score (nSPS) is 13.7. The van der Waals surface area contributed by atoms with Gasteiger partial charge in [0.25, 0.3) is 0 Å². The van der Waals surface area contributed by atoms with Crippen LogP contribution >= 0.6 is 11.3 Å². The van der Waals surface area contributed by atoms with E-state index < -0.39 is 0 Å². The summed E-state index contributed by atoms with van der Waals surface area (Å²) in [6.07, 6.45) is 0. The summed E-state index contributed by atoms with van der Waals surface area (Å²) in [5, 5.41) is 7.81. The number of nitrogens with one attached hydrogen (secondary N) is 1. The molecule has 0 saturated carbocycles. The highest BCUT2D eigenvalue weighted by Crippen LogP contribution is 2.07. The number of hydrogen-bond donors (Lipinski definition) is 1. The van der Waals surface area contributed by atoms with Crippen LogP contribution in [0, 0.1) is 5.92 Å². The lowest BCUT2D eigenvalue weighted by Crippen LogP contribution is -2.29. The minimum absolute atomic E-state index is 0.602. The van der Waals surface area contributed by atoms with Crippen LogP contribution in [0.3, 0.4) is 0 Å². The summed E-state index contributed by atoms with van der Waals surface area (Å²) in [5.74, 6) is 0.712. The molecule has 1 atom stereocenters. The van der Waals surface area contributed by atoms with Crippen molar-refractivity contribution in [2.24, 2.45) is 5.92 Å². The first-order valence-corrected chi connectivity index (χ1v) is 5.39. The molecule has 0 saturated heterocycles. The van der Waals surface area contributed by atoms with Gasteiger partial charge in [0, 0.05) is 12.6 Å². The lowest BCUT2D eigenvalue weighted by Gasteiger charge is -2.16. The largest absolute Gasteiger partial charge is 0.310 e. The van der Waals surface area contributed by atoms with E-state index in [1.165, 1.54) is 5.56 Å². The molecule has 0 aliphatic heterocycles. The molecule has 12 heavy (non-hydrogen) atoms. The zero-order valence-corrected chi connectivity index (χ0v) is 8.82. The molecule has 0 unspecified atom stereocenters. The Morgan fingerprint density at radius 3 is 2.67 bits per heavy atom. The first-order valence-electron chi connectivity index (χ1n) is 4.44. The molecule has 68 valence electrons. The molecule has 1 heterocycles. The lowest BCUT2D eigenvalue weighted by atomic mass is 10.1. The quantitative estimate of drug-likeness (QED) is 0.757. The molecule has 1 nitrogen and oxygen atoms in total. The molecule has 1 aromatic rings. The summed E-state index contributed by atoms with van der Waals surface area (Å²) in [6.45, 7) is 7.72. The van der Waals surface area contributed by atoms with Crippen molar-refractivity contribution in [2.75, 3.05) is 0 Å². The average molecular weight is 183 g/mol. The molecule has 0 amide bonds. The second-order valence-corrected chi connectivity index (χ2v) is 4.33. The number of hydrogen-bond acceptors (Lipinski definition) is 2. The van der Waals surface area contributed by atoms with Gasteiger partial charge in [0.05, 0.1) is 0 Å². The zero-order valence-electron chi connectivity index (χ0n) is 8.00. The smallest absolute Gasteiger partial charge is 0.0216 e. The van der Waals surface area contributed by atoms with E-state index in [9.17, 15) is 0 Å². The predicted molar refractivity (Wildman–Crippen MR) is 55.5 cm³/mol. The van der Waals surface area contributed by atoms with Gasteiger partial charge in [-0.25, -0.2) is 0 Å². The van der Waals surface area contributed by atoms with Crippen molar-refractivity contribution >= 4 is 11.3 Å². The van der Waals surface area contributed by atoms with Crippen LogP contribution in [-0.2, 0) is 6.54 Å². The number of rotatable bonds is 4. The summed E-state index contributed by atoms with van der Waals surface area (Å²) < 4.78 is 0. The van der Waals surface area contributed by atoms with Crippen LogP contribution in [0.2, 0.25) is 0 Å². The third kappa shape index (κ3) is 2.95. The standard InChI is InChI=1S/C10H17NS/c1-8(2)9(3)11-6-10-4-5-12-7-10/h4-5,7-9,11H,6H2,1-3H3/t9-/m0/s1. The molecular formula is C10H17NS. The highest BCUT2D eigenvalue weighted by molar-refractivity contribution is 7.07. The topological polar surface area (TPSA) is 12.0 Å². The van der Waals surface area contributed by atoms with Gasteiger partial charge in [0.1, 0.15) is 0 Å². The van der Waals surface area contributed by atoms with Crippen LogP contribution in [-0.4, -0.2) is 6.04 Å². The second kappa shape index (κ2) is 4.63. The van der Waals surface area contributed by atoms with Crippen molar-refractivity contribution in [3.8, 4) is 0 Å². The molecule has 0 radical (unpaired) electrons. The minimum atomic E-state index is 0.602. The number of thiophene rings is 1. The SMILES string of the molecule is CC(C)[C@H](C)NCc1ccsc1. The van der Waals surface area contributed by atoms with E-state index >= 15 is 0 Å². The summed E-state index contributed by atoms with van der Waals surface area (Å²) in [5.41, 5.74) is 1.40. The predicted octanol–water partition coefficient (Wildman–Crippen LogP) is 2.88. The van der Waals surface area contributed by atoms with E-state index in [2.05, 4.69) is 42.9 Å². The molecule has 0 bridgehead atoms. The fourth-order valence-corrected chi connectivity index (χ4v) is 1.58. The zero-order chi connectivity index (χ0) is 8.97. The molecule has 0 aliphatic carbocycles. The van der Waals surface area contributed by atoms with Crippen LogP contribution in [0.4, 0.5) is 0 Å². The van der Waals surface area contributed by atoms with Gasteiger partial charge in [-0.15, -0.1) is 0 Å². The fraction of sp³-hybridized carbons (Fsp3) is 0.600. The van der Waals surface area contributed by atoms with Crippen LogP contribution in [0.5, 0.6) is 0 Å². The van der Waals surface area contributed by atoms with E-state index in [0.29, 0.717) is 12.0 Å². The Balaban J connectivity index is 2.27. The summed E-state index contributed by atoms with van der Waals surface area (Å²) in [6, 6.07) is 2.77. The molecule has 0 aromatic carbocycles. The van der Waals surface area contributed by atoms with E-state index in [0.717, 1.165) is 6.54 Å². The highest BCUT2D eigenvalue weighted by Gasteiger charge is 2.05. The Labute approximate surface area is 78.8 Å². The molecule has 0 aliphatic rings. The Morgan fingerprint density at radius 1 is 1.42 bits per heavy atom. The molecule has 2 heteroatoms. The molecule has 1 aromatic heterocycles. The molecule has 0 fully saturated rings. The van der Waals surface area contributed by atoms with Crippen molar-refractivity contribution in [1.29, 1.82) is 0 Å². The maximum atomic E-state index is 3.49. The van der Waals surface area contributed by atoms with Crippen LogP contribution in [0.25, 0.3) is 0 Å². The van der Waals surface area contributed by atoms with E-state index in [4.69, 9.17) is 0 Å². The van der Waals surface area contributed by atoms with Gasteiger partial charge in [-0.3, -0.25) is 0 Å². The Hall–Kier alpha value is -0.340. The summed E-state index contributed by atoms with van der Waals surface area (Å²) in [7, 11) is 0. The highest BCUT2D eigenvalue weighted by atomic mass is 32.1. The average Bonchev–Trinajstić information content (AvgIpc) is 2.51. The van der Waals surface area contributed by atoms with Crippen LogP contribution in [0.15, 0.2) is 16.8 Å². The lowest BCUT2D eigenvalue weighted by molar-refractivity contribution is 0.426. The van der Waals surface area contributed by atoms with Gasteiger partial charge in [-0.1, -0.05) is 13.8 Å². The van der Waals surface area contributed by atoms with Crippen LogP contribution < -0.4 is 5.32 Å². The Kier molecular flexibility index (Phi) is 3.76. The fourth-order valence-electron chi connectivity index (χ4n) is 0.908. The summed E-state index contributed by atoms with van der Waals surface area (Å²) >= 11 is 1.76. The molecule has 1 rings (SSSR count). The second-order valence-electron chi connectivity index (χ2n) is 3.55. The monoisotopic (exact) mass is 183 g/mol. The minimum Gasteiger partial charge on any atom is -0.310 e. The Morgan fingerprint density at radius 2 is 2.17 bits per heavy atom. The van der Waals surface area contributed by atoms with Crippen molar-refractivity contribution in [3.05, 3.63) is 22.4 Å². The van der Waals surface area contributed by atoms with E-state index in [1.807, 2.05) is 0 Å². The Bertz CT molecular complexity index is 204. The van der Waals surface area contributed by atoms with Crippen LogP contribution in [0.1, 0.15) is 26.3 Å². The first-order chi connectivity index (χ1) is 5.70. The van der Waals surface area contributed by atoms with Crippen molar-refractivity contribution in [1.82, 2.24) is 5.32 Å². The van der Waals surface area contributed by atoms with Gasteiger partial charge in [0.2, 0.25) is 0 Å². The van der Waals surface area contributed by atoms with Gasteiger partial charge in [-0.05, 0) is 35.2 Å². The molecular weight excluding hydrogens is 166 g/mol. The van der Waals surface area contributed by atoms with E-state index in [-0.39, 0.29) is 0 Å². The van der Waals surface area contributed by atoms with Gasteiger partial charge < -0.3 is 5.32 Å². The van der Waals surface area contributed by atoms with E-state index in [1.54, 1.807) is 11.3 Å². The van der Waals surface area contributed by atoms with Gasteiger partial charge in [-0.2, -0.15) is 11.3 Å². The summed E-state index contributed by atoms with van der Waals surface area (Å²) in [4.78, 5) is 0. The molecule has 0 spiro atoms. The third-order valence-electron chi connectivity index (χ3n) is 2.21. The van der Waals surface area contributed by atoms with Gasteiger partial charge in [0.15, 0.2) is 0 Å². The van der Waals surface area contributed by atoms with Gasteiger partial charge >= 0.3 is 0 Å².